The minimum absolute atomic E-state index is 0.341. The van der Waals surface area contributed by atoms with Gasteiger partial charge >= 0.3 is 0 Å². The molecule has 0 bridgehead atoms. The predicted molar refractivity (Wildman–Crippen MR) is 113 cm³/mol. The second-order valence-electron chi connectivity index (χ2n) is 8.19. The molecule has 2 aromatic carbocycles. The maximum absolute atomic E-state index is 7.29. The van der Waals surface area contributed by atoms with Gasteiger partial charge in [-0.2, -0.15) is 0 Å². The number of nitrogens with two attached hydrogens (primary N) is 1. The van der Waals surface area contributed by atoms with Crippen molar-refractivity contribution in [2.75, 3.05) is 20.3 Å². The number of nitrogens with zero attached hydrogens (tertiary/aromatic N) is 3. The van der Waals surface area contributed by atoms with Crippen LogP contribution in [0.3, 0.4) is 0 Å². The fraction of sp³-hybridized carbons (Fsp3) is 0.391. The van der Waals surface area contributed by atoms with E-state index in [0.717, 1.165) is 48.3 Å². The van der Waals surface area contributed by atoms with Crippen LogP contribution in [0, 0.1) is 6.57 Å². The Morgan fingerprint density at radius 2 is 2.03 bits per heavy atom. The van der Waals surface area contributed by atoms with E-state index in [1.807, 2.05) is 36.4 Å². The van der Waals surface area contributed by atoms with E-state index in [0.29, 0.717) is 24.7 Å². The number of guanidine groups is 1. The molecule has 0 aromatic heterocycles. The van der Waals surface area contributed by atoms with Gasteiger partial charge in [-0.1, -0.05) is 24.3 Å². The second kappa shape index (κ2) is 7.01. The first-order chi connectivity index (χ1) is 14.5. The number of ether oxygens (including phenoxy) is 2. The largest absolute Gasteiger partial charge is 0.484 e. The molecule has 3 aliphatic rings. The highest BCUT2D eigenvalue weighted by Gasteiger charge is 2.54. The molecule has 0 radical (unpaired) electrons. The van der Waals surface area contributed by atoms with Crippen molar-refractivity contribution in [2.45, 2.75) is 37.0 Å². The lowest BCUT2D eigenvalue weighted by atomic mass is 9.81. The lowest BCUT2D eigenvalue weighted by Crippen LogP contribution is -2.50. The van der Waals surface area contributed by atoms with E-state index in [1.165, 1.54) is 5.06 Å². The summed E-state index contributed by atoms with van der Waals surface area (Å²) in [5, 5.41) is 1.52. The molecule has 3 heterocycles. The standard InChI is InChI=1S/C23H24N4O3/c1-25-18-7-5-6-16(12-18)17-8-9-20-19(13-17)23(26-21(24)27(2)30-23)14-22(29-20)10-3-4-11-28-15-22/h5-9,12-13H,3-4,10-11,14-15H2,2H3,(H2,24,26). The lowest BCUT2D eigenvalue weighted by Gasteiger charge is -2.44. The van der Waals surface area contributed by atoms with Gasteiger partial charge in [0.15, 0.2) is 5.69 Å². The Morgan fingerprint density at radius 1 is 1.17 bits per heavy atom. The van der Waals surface area contributed by atoms with E-state index in [9.17, 15) is 0 Å². The van der Waals surface area contributed by atoms with Crippen molar-refractivity contribution < 1.29 is 14.3 Å². The number of rotatable bonds is 1. The normalized spacial score (nSPS) is 27.9. The van der Waals surface area contributed by atoms with Crippen LogP contribution in [-0.2, 0) is 15.3 Å². The van der Waals surface area contributed by atoms with Crippen LogP contribution in [-0.4, -0.2) is 36.9 Å². The fourth-order valence-corrected chi connectivity index (χ4v) is 4.59. The number of hydrogen-bond donors (Lipinski definition) is 1. The number of aliphatic imine (C=N–C) groups is 1. The van der Waals surface area contributed by atoms with Gasteiger partial charge in [0.05, 0.1) is 18.7 Å². The van der Waals surface area contributed by atoms with Gasteiger partial charge in [-0.05, 0) is 48.6 Å². The maximum atomic E-state index is 7.29. The second-order valence-corrected chi connectivity index (χ2v) is 8.19. The molecule has 0 saturated carbocycles. The average molecular weight is 404 g/mol. The molecule has 30 heavy (non-hydrogen) atoms. The maximum Gasteiger partial charge on any atom is 0.222 e. The van der Waals surface area contributed by atoms with Crippen molar-refractivity contribution >= 4 is 11.6 Å². The zero-order chi connectivity index (χ0) is 20.8. The highest BCUT2D eigenvalue weighted by Crippen LogP contribution is 2.51. The SMILES string of the molecule is [C-]#[N+]c1cccc(-c2ccc3c(c2)C2(CC4(CCCCOC4)O3)N=C(N)N(C)O2)c1. The Balaban J connectivity index is 1.63. The molecule has 2 unspecified atom stereocenters. The average Bonchev–Trinajstić information content (AvgIpc) is 2.90. The minimum Gasteiger partial charge on any atom is -0.484 e. The highest BCUT2D eigenvalue weighted by atomic mass is 16.7. The van der Waals surface area contributed by atoms with Gasteiger partial charge in [-0.25, -0.2) is 19.7 Å². The molecule has 7 heteroatoms. The first-order valence-electron chi connectivity index (χ1n) is 10.2. The number of benzene rings is 2. The summed E-state index contributed by atoms with van der Waals surface area (Å²) in [6, 6.07) is 13.6. The van der Waals surface area contributed by atoms with Crippen LogP contribution in [0.15, 0.2) is 47.5 Å². The third-order valence-corrected chi connectivity index (χ3v) is 6.04. The van der Waals surface area contributed by atoms with Crippen molar-refractivity contribution in [1.82, 2.24) is 5.06 Å². The minimum atomic E-state index is -0.951. The van der Waals surface area contributed by atoms with E-state index >= 15 is 0 Å². The summed E-state index contributed by atoms with van der Waals surface area (Å²) in [6.45, 7) is 8.54. The lowest BCUT2D eigenvalue weighted by molar-refractivity contribution is -0.209. The summed E-state index contributed by atoms with van der Waals surface area (Å²) < 4.78 is 12.4. The van der Waals surface area contributed by atoms with Crippen LogP contribution >= 0.6 is 0 Å². The molecule has 1 saturated heterocycles. The van der Waals surface area contributed by atoms with Gasteiger partial charge in [0.1, 0.15) is 11.4 Å². The molecule has 7 nitrogen and oxygen atoms in total. The molecule has 0 amide bonds. The van der Waals surface area contributed by atoms with E-state index in [1.54, 1.807) is 13.1 Å². The van der Waals surface area contributed by atoms with Gasteiger partial charge in [0.2, 0.25) is 11.7 Å². The van der Waals surface area contributed by atoms with E-state index in [-0.39, 0.29) is 0 Å². The zero-order valence-electron chi connectivity index (χ0n) is 16.9. The molecular weight excluding hydrogens is 380 g/mol. The molecule has 0 aliphatic carbocycles. The smallest absolute Gasteiger partial charge is 0.222 e. The van der Waals surface area contributed by atoms with Gasteiger partial charge in [0.25, 0.3) is 0 Å². The Hall–Kier alpha value is -3.08. The summed E-state index contributed by atoms with van der Waals surface area (Å²) in [4.78, 5) is 14.6. The zero-order valence-corrected chi connectivity index (χ0v) is 16.9. The van der Waals surface area contributed by atoms with E-state index in [2.05, 4.69) is 4.85 Å². The van der Waals surface area contributed by atoms with Gasteiger partial charge < -0.3 is 15.2 Å². The van der Waals surface area contributed by atoms with E-state index in [4.69, 9.17) is 31.6 Å². The Morgan fingerprint density at radius 3 is 2.83 bits per heavy atom. The Labute approximate surface area is 175 Å². The fourth-order valence-electron chi connectivity index (χ4n) is 4.59. The van der Waals surface area contributed by atoms with Crippen LogP contribution in [0.25, 0.3) is 16.0 Å². The predicted octanol–water partition coefficient (Wildman–Crippen LogP) is 3.97. The van der Waals surface area contributed by atoms with Crippen LogP contribution < -0.4 is 10.5 Å². The summed E-state index contributed by atoms with van der Waals surface area (Å²) in [6.07, 6.45) is 3.46. The summed E-state index contributed by atoms with van der Waals surface area (Å²) in [5.74, 6) is 1.08. The molecule has 2 N–H and O–H groups in total. The summed E-state index contributed by atoms with van der Waals surface area (Å²) in [5.41, 5.74) is 8.06. The van der Waals surface area contributed by atoms with Crippen LogP contribution in [0.5, 0.6) is 5.75 Å². The van der Waals surface area contributed by atoms with Crippen molar-refractivity contribution in [3.63, 3.8) is 0 Å². The molecule has 2 atom stereocenters. The molecule has 3 aliphatic heterocycles. The number of hydrogen-bond acceptors (Lipinski definition) is 6. The first-order valence-corrected chi connectivity index (χ1v) is 10.2. The van der Waals surface area contributed by atoms with Crippen molar-refractivity contribution in [3.8, 4) is 16.9 Å². The van der Waals surface area contributed by atoms with Crippen LogP contribution in [0.2, 0.25) is 0 Å². The van der Waals surface area contributed by atoms with Gasteiger partial charge in [-0.3, -0.25) is 0 Å². The van der Waals surface area contributed by atoms with Crippen molar-refractivity contribution in [3.05, 3.63) is 59.4 Å². The number of fused-ring (bicyclic) bond motifs is 2. The Kier molecular flexibility index (Phi) is 4.42. The van der Waals surface area contributed by atoms with Crippen molar-refractivity contribution in [1.29, 1.82) is 0 Å². The summed E-state index contributed by atoms with van der Waals surface area (Å²) in [7, 11) is 1.77. The molecular formula is C23H24N4O3. The van der Waals surface area contributed by atoms with Crippen molar-refractivity contribution in [2.24, 2.45) is 10.7 Å². The Bertz CT molecular complexity index is 1050. The van der Waals surface area contributed by atoms with Gasteiger partial charge in [0, 0.05) is 20.1 Å². The van der Waals surface area contributed by atoms with Crippen LogP contribution in [0.4, 0.5) is 5.69 Å². The number of hydroxylamine groups is 2. The monoisotopic (exact) mass is 404 g/mol. The van der Waals surface area contributed by atoms with Crippen LogP contribution in [0.1, 0.15) is 31.2 Å². The van der Waals surface area contributed by atoms with Gasteiger partial charge in [-0.15, -0.1) is 0 Å². The molecule has 2 spiro atoms. The molecule has 1 fully saturated rings. The molecule has 5 rings (SSSR count). The highest BCUT2D eigenvalue weighted by molar-refractivity contribution is 5.79. The van der Waals surface area contributed by atoms with E-state index < -0.39 is 11.3 Å². The molecule has 154 valence electrons. The third kappa shape index (κ3) is 3.09. The molecule has 2 aromatic rings. The first kappa shape index (κ1) is 18.9. The topological polar surface area (TPSA) is 73.7 Å². The third-order valence-electron chi connectivity index (χ3n) is 6.04. The summed E-state index contributed by atoms with van der Waals surface area (Å²) >= 11 is 0. The quantitative estimate of drug-likeness (QED) is 0.728.